The Balaban J connectivity index is 1.56. The number of carbonyl (C=O) groups is 1. The topological polar surface area (TPSA) is 74.0 Å². The summed E-state index contributed by atoms with van der Waals surface area (Å²) in [6, 6.07) is 8.55. The fourth-order valence-corrected chi connectivity index (χ4v) is 2.69. The van der Waals surface area contributed by atoms with Gasteiger partial charge in [0.25, 0.3) is 0 Å². The molecule has 0 fully saturated rings. The summed E-state index contributed by atoms with van der Waals surface area (Å²) in [4.78, 5) is 12.1. The van der Waals surface area contributed by atoms with E-state index in [0.717, 1.165) is 12.5 Å². The van der Waals surface area contributed by atoms with Gasteiger partial charge in [0.05, 0.1) is 23.8 Å². The maximum absolute atomic E-state index is 13.0. The highest BCUT2D eigenvalue weighted by Crippen LogP contribution is 2.29. The number of aryl methyl sites for hydroxylation is 2. The molecule has 1 aromatic carbocycles. The molecule has 0 unspecified atom stereocenters. The van der Waals surface area contributed by atoms with Crippen molar-refractivity contribution in [2.24, 2.45) is 0 Å². The van der Waals surface area contributed by atoms with Crippen LogP contribution in [0.2, 0.25) is 0 Å². The minimum Gasteiger partial charge on any atom is -0.471 e. The van der Waals surface area contributed by atoms with Crippen molar-refractivity contribution in [1.82, 2.24) is 19.6 Å². The van der Waals surface area contributed by atoms with E-state index in [-0.39, 0.29) is 12.4 Å². The van der Waals surface area contributed by atoms with E-state index < -0.39 is 24.3 Å². The van der Waals surface area contributed by atoms with Gasteiger partial charge in [0.1, 0.15) is 18.0 Å². The van der Waals surface area contributed by atoms with Crippen molar-refractivity contribution in [3.8, 4) is 5.75 Å². The molecule has 0 aliphatic carbocycles. The number of amides is 1. The molecule has 2 aromatic heterocycles. The summed E-state index contributed by atoms with van der Waals surface area (Å²) in [5, 5.41) is 10.3. The van der Waals surface area contributed by atoms with Gasteiger partial charge in [-0.15, -0.1) is 0 Å². The molecular weight excluding hydrogens is 387 g/mol. The van der Waals surface area contributed by atoms with Gasteiger partial charge in [0.2, 0.25) is 5.91 Å². The standard InChI is InChI=1S/C19H20F3N5O2/c1-3-14-4-6-16(7-5-14)29-12-26-10-15(9-23-26)24-18(28)11-27-17(19(20,21)22)8-13(2)25-27/h4-10H,3,11-12H2,1-2H3,(H,24,28). The number of hydrogen-bond donors (Lipinski definition) is 1. The second-order valence-electron chi connectivity index (χ2n) is 6.41. The summed E-state index contributed by atoms with van der Waals surface area (Å²) in [5.74, 6) is 0.0336. The molecule has 154 valence electrons. The third-order valence-corrected chi connectivity index (χ3v) is 4.10. The van der Waals surface area contributed by atoms with Gasteiger partial charge in [-0.3, -0.25) is 9.48 Å². The molecule has 0 bridgehead atoms. The van der Waals surface area contributed by atoms with Gasteiger partial charge in [0, 0.05) is 0 Å². The van der Waals surface area contributed by atoms with E-state index in [4.69, 9.17) is 4.74 Å². The molecule has 7 nitrogen and oxygen atoms in total. The summed E-state index contributed by atoms with van der Waals surface area (Å²) in [6.07, 6.45) is -0.734. The van der Waals surface area contributed by atoms with E-state index in [2.05, 4.69) is 22.4 Å². The normalized spacial score (nSPS) is 11.5. The Bertz CT molecular complexity index is 977. The van der Waals surface area contributed by atoms with Crippen molar-refractivity contribution in [2.45, 2.75) is 39.7 Å². The highest BCUT2D eigenvalue weighted by molar-refractivity contribution is 5.90. The van der Waals surface area contributed by atoms with Crippen molar-refractivity contribution >= 4 is 11.6 Å². The molecule has 29 heavy (non-hydrogen) atoms. The van der Waals surface area contributed by atoms with E-state index in [1.165, 1.54) is 29.6 Å². The molecule has 0 aliphatic heterocycles. The van der Waals surface area contributed by atoms with Crippen LogP contribution in [-0.4, -0.2) is 25.5 Å². The van der Waals surface area contributed by atoms with Crippen LogP contribution in [0.5, 0.6) is 5.75 Å². The lowest BCUT2D eigenvalue weighted by atomic mass is 10.2. The van der Waals surface area contributed by atoms with Crippen molar-refractivity contribution in [3.63, 3.8) is 0 Å². The fraction of sp³-hybridized carbons (Fsp3) is 0.316. The second kappa shape index (κ2) is 8.38. The monoisotopic (exact) mass is 407 g/mol. The molecule has 0 saturated carbocycles. The molecule has 0 aliphatic rings. The predicted molar refractivity (Wildman–Crippen MR) is 99.3 cm³/mol. The Hall–Kier alpha value is -3.30. The molecule has 10 heteroatoms. The molecular formula is C19H20F3N5O2. The van der Waals surface area contributed by atoms with E-state index >= 15 is 0 Å². The molecule has 0 radical (unpaired) electrons. The molecule has 1 N–H and O–H groups in total. The van der Waals surface area contributed by atoms with Gasteiger partial charge in [-0.2, -0.15) is 23.4 Å². The summed E-state index contributed by atoms with van der Waals surface area (Å²) < 4.78 is 46.7. The third-order valence-electron chi connectivity index (χ3n) is 4.10. The number of nitrogens with zero attached hydrogens (tertiary/aromatic N) is 4. The predicted octanol–water partition coefficient (Wildman–Crippen LogP) is 3.64. The Labute approximate surface area is 165 Å². The molecule has 0 spiro atoms. The zero-order valence-corrected chi connectivity index (χ0v) is 15.9. The highest BCUT2D eigenvalue weighted by atomic mass is 19.4. The first kappa shape index (κ1) is 20.4. The third kappa shape index (κ3) is 5.37. The van der Waals surface area contributed by atoms with Crippen molar-refractivity contribution in [2.75, 3.05) is 5.32 Å². The first-order chi connectivity index (χ1) is 13.7. The number of benzene rings is 1. The molecule has 3 rings (SSSR count). The van der Waals surface area contributed by atoms with Crippen LogP contribution in [0, 0.1) is 6.92 Å². The molecule has 0 saturated heterocycles. The summed E-state index contributed by atoms with van der Waals surface area (Å²) in [7, 11) is 0. The van der Waals surface area contributed by atoms with E-state index in [0.29, 0.717) is 16.1 Å². The van der Waals surface area contributed by atoms with Crippen LogP contribution in [0.3, 0.4) is 0 Å². The number of ether oxygens (including phenoxy) is 1. The Morgan fingerprint density at radius 2 is 1.97 bits per heavy atom. The van der Waals surface area contributed by atoms with Crippen LogP contribution in [0.1, 0.15) is 23.9 Å². The highest BCUT2D eigenvalue weighted by Gasteiger charge is 2.35. The van der Waals surface area contributed by atoms with E-state index in [1.54, 1.807) is 0 Å². The van der Waals surface area contributed by atoms with Crippen molar-refractivity contribution in [1.29, 1.82) is 0 Å². The van der Waals surface area contributed by atoms with E-state index in [1.807, 2.05) is 24.3 Å². The average molecular weight is 407 g/mol. The van der Waals surface area contributed by atoms with Crippen LogP contribution in [0.4, 0.5) is 18.9 Å². The quantitative estimate of drug-likeness (QED) is 0.649. The number of rotatable bonds is 7. The molecule has 1 amide bonds. The maximum Gasteiger partial charge on any atom is 0.433 e. The zero-order chi connectivity index (χ0) is 21.0. The lowest BCUT2D eigenvalue weighted by Crippen LogP contribution is -2.23. The number of aromatic nitrogens is 4. The van der Waals surface area contributed by atoms with Gasteiger partial charge < -0.3 is 10.1 Å². The Kier molecular flexibility index (Phi) is 5.90. The zero-order valence-electron chi connectivity index (χ0n) is 15.9. The number of hydrogen-bond acceptors (Lipinski definition) is 4. The number of anilines is 1. The van der Waals surface area contributed by atoms with Crippen LogP contribution < -0.4 is 10.1 Å². The first-order valence-corrected chi connectivity index (χ1v) is 8.90. The maximum atomic E-state index is 13.0. The SMILES string of the molecule is CCc1ccc(OCn2cc(NC(=O)Cn3nc(C)cc3C(F)(F)F)cn2)cc1. The minimum absolute atomic E-state index is 0.123. The molecule has 2 heterocycles. The van der Waals surface area contributed by atoms with Crippen molar-refractivity contribution in [3.05, 3.63) is 59.7 Å². The lowest BCUT2D eigenvalue weighted by molar-refractivity contribution is -0.144. The van der Waals surface area contributed by atoms with Gasteiger partial charge in [-0.1, -0.05) is 19.1 Å². The molecule has 0 atom stereocenters. The lowest BCUT2D eigenvalue weighted by Gasteiger charge is -2.10. The van der Waals surface area contributed by atoms with Gasteiger partial charge in [-0.05, 0) is 37.1 Å². The van der Waals surface area contributed by atoms with Crippen molar-refractivity contribution < 1.29 is 22.7 Å². The number of nitrogens with one attached hydrogen (secondary N) is 1. The number of alkyl halides is 3. The van der Waals surface area contributed by atoms with Crippen LogP contribution in [-0.2, 0) is 30.7 Å². The van der Waals surface area contributed by atoms with Crippen LogP contribution in [0.25, 0.3) is 0 Å². The Morgan fingerprint density at radius 3 is 2.62 bits per heavy atom. The minimum atomic E-state index is -4.58. The first-order valence-electron chi connectivity index (χ1n) is 8.90. The van der Waals surface area contributed by atoms with Gasteiger partial charge >= 0.3 is 6.18 Å². The molecule has 3 aromatic rings. The number of halogens is 3. The van der Waals surface area contributed by atoms with Crippen LogP contribution >= 0.6 is 0 Å². The fourth-order valence-electron chi connectivity index (χ4n) is 2.69. The Morgan fingerprint density at radius 1 is 1.24 bits per heavy atom. The van der Waals surface area contributed by atoms with Crippen LogP contribution in [0.15, 0.2) is 42.7 Å². The van der Waals surface area contributed by atoms with E-state index in [9.17, 15) is 18.0 Å². The van der Waals surface area contributed by atoms with Gasteiger partial charge in [0.15, 0.2) is 6.73 Å². The number of carbonyl (C=O) groups excluding carboxylic acids is 1. The smallest absolute Gasteiger partial charge is 0.433 e. The summed E-state index contributed by atoms with van der Waals surface area (Å²) in [5.41, 5.74) is 0.755. The average Bonchev–Trinajstić information content (AvgIpc) is 3.26. The van der Waals surface area contributed by atoms with Gasteiger partial charge in [-0.25, -0.2) is 4.68 Å². The summed E-state index contributed by atoms with van der Waals surface area (Å²) >= 11 is 0. The largest absolute Gasteiger partial charge is 0.471 e. The summed E-state index contributed by atoms with van der Waals surface area (Å²) in [6.45, 7) is 3.06. The second-order valence-corrected chi connectivity index (χ2v) is 6.41.